The lowest BCUT2D eigenvalue weighted by molar-refractivity contribution is -0.384. The highest BCUT2D eigenvalue weighted by atomic mass is 32.2. The van der Waals surface area contributed by atoms with Gasteiger partial charge in [0, 0.05) is 24.4 Å². The standard InChI is InChI=1S/C13H13N3O3S2/c17-12-11(21-13-14-5-7-20-13)4-6-15(12)9-2-1-3-10(8-9)16(18)19/h1-3,8,11H,4-7H2. The van der Waals surface area contributed by atoms with Crippen LogP contribution in [0.5, 0.6) is 0 Å². The topological polar surface area (TPSA) is 75.8 Å². The van der Waals surface area contributed by atoms with Gasteiger partial charge >= 0.3 is 0 Å². The van der Waals surface area contributed by atoms with Crippen molar-refractivity contribution in [3.8, 4) is 0 Å². The van der Waals surface area contributed by atoms with Crippen LogP contribution in [0.25, 0.3) is 0 Å². The number of rotatable bonds is 3. The van der Waals surface area contributed by atoms with Gasteiger partial charge in [-0.3, -0.25) is 19.9 Å². The zero-order valence-corrected chi connectivity index (χ0v) is 12.7. The summed E-state index contributed by atoms with van der Waals surface area (Å²) in [5, 5.41) is 10.7. The van der Waals surface area contributed by atoms with Crippen LogP contribution in [-0.4, -0.2) is 39.3 Å². The van der Waals surface area contributed by atoms with Gasteiger partial charge in [0.05, 0.1) is 22.4 Å². The Bertz CT molecular complexity index is 620. The van der Waals surface area contributed by atoms with Crippen molar-refractivity contribution in [2.24, 2.45) is 4.99 Å². The third-order valence-electron chi connectivity index (χ3n) is 3.31. The Hall–Kier alpha value is -1.54. The van der Waals surface area contributed by atoms with Gasteiger partial charge < -0.3 is 4.90 Å². The molecular formula is C13H13N3O3S2. The molecule has 21 heavy (non-hydrogen) atoms. The predicted molar refractivity (Wildman–Crippen MR) is 86.2 cm³/mol. The number of carbonyl (C=O) groups excluding carboxylic acids is 1. The Balaban J connectivity index is 1.74. The Labute approximate surface area is 130 Å². The molecule has 1 amide bonds. The molecule has 0 N–H and O–H groups in total. The van der Waals surface area contributed by atoms with E-state index in [-0.39, 0.29) is 16.8 Å². The van der Waals surface area contributed by atoms with Gasteiger partial charge in [0.1, 0.15) is 4.38 Å². The molecule has 0 spiro atoms. The second kappa shape index (κ2) is 6.07. The van der Waals surface area contributed by atoms with Crippen LogP contribution in [0.15, 0.2) is 29.3 Å². The van der Waals surface area contributed by atoms with Crippen molar-refractivity contribution < 1.29 is 9.72 Å². The van der Waals surface area contributed by atoms with E-state index in [1.54, 1.807) is 28.8 Å². The highest BCUT2D eigenvalue weighted by molar-refractivity contribution is 8.39. The van der Waals surface area contributed by atoms with Crippen molar-refractivity contribution in [3.63, 3.8) is 0 Å². The summed E-state index contributed by atoms with van der Waals surface area (Å²) in [7, 11) is 0. The van der Waals surface area contributed by atoms with Crippen LogP contribution >= 0.6 is 23.5 Å². The van der Waals surface area contributed by atoms with E-state index in [0.29, 0.717) is 12.2 Å². The maximum Gasteiger partial charge on any atom is 0.271 e. The SMILES string of the molecule is O=C1C(SC2=NCCS2)CCN1c1cccc([N+](=O)[O-])c1. The van der Waals surface area contributed by atoms with Gasteiger partial charge in [-0.2, -0.15) is 0 Å². The summed E-state index contributed by atoms with van der Waals surface area (Å²) >= 11 is 3.21. The lowest BCUT2D eigenvalue weighted by atomic mass is 10.2. The molecule has 1 saturated heterocycles. The monoisotopic (exact) mass is 323 g/mol. The summed E-state index contributed by atoms with van der Waals surface area (Å²) in [5.74, 6) is 0.994. The van der Waals surface area contributed by atoms with E-state index in [1.807, 2.05) is 0 Å². The van der Waals surface area contributed by atoms with Crippen LogP contribution in [-0.2, 0) is 4.79 Å². The average Bonchev–Trinajstić information content (AvgIpc) is 3.11. The molecular weight excluding hydrogens is 310 g/mol. The quantitative estimate of drug-likeness (QED) is 0.631. The van der Waals surface area contributed by atoms with Crippen LogP contribution in [0.4, 0.5) is 11.4 Å². The molecule has 2 aliphatic rings. The van der Waals surface area contributed by atoms with E-state index in [2.05, 4.69) is 4.99 Å². The molecule has 0 bridgehead atoms. The first kappa shape index (κ1) is 14.4. The minimum Gasteiger partial charge on any atom is -0.311 e. The molecule has 1 aromatic carbocycles. The Morgan fingerprint density at radius 1 is 1.48 bits per heavy atom. The van der Waals surface area contributed by atoms with Crippen LogP contribution in [0, 0.1) is 10.1 Å². The van der Waals surface area contributed by atoms with Crippen molar-refractivity contribution in [3.05, 3.63) is 34.4 Å². The van der Waals surface area contributed by atoms with Gasteiger partial charge in [-0.05, 0) is 12.5 Å². The molecule has 1 unspecified atom stereocenters. The average molecular weight is 323 g/mol. The Morgan fingerprint density at radius 3 is 3.05 bits per heavy atom. The van der Waals surface area contributed by atoms with Crippen molar-refractivity contribution >= 4 is 45.2 Å². The predicted octanol–water partition coefficient (Wildman–Crippen LogP) is 2.54. The number of thioether (sulfide) groups is 2. The van der Waals surface area contributed by atoms with Crippen LogP contribution in [0.3, 0.4) is 0 Å². The van der Waals surface area contributed by atoms with Crippen molar-refractivity contribution in [2.75, 3.05) is 23.7 Å². The van der Waals surface area contributed by atoms with E-state index in [0.717, 1.165) is 23.1 Å². The highest BCUT2D eigenvalue weighted by Crippen LogP contribution is 2.34. The normalized spacial score (nSPS) is 21.7. The molecule has 1 aromatic rings. The number of carbonyl (C=O) groups is 1. The summed E-state index contributed by atoms with van der Waals surface area (Å²) in [5.41, 5.74) is 0.602. The molecule has 2 heterocycles. The molecule has 1 fully saturated rings. The highest BCUT2D eigenvalue weighted by Gasteiger charge is 2.35. The Morgan fingerprint density at radius 2 is 2.33 bits per heavy atom. The molecule has 0 aromatic heterocycles. The molecule has 2 aliphatic heterocycles. The van der Waals surface area contributed by atoms with Gasteiger partial charge in [0.2, 0.25) is 5.91 Å². The van der Waals surface area contributed by atoms with Crippen LogP contribution in [0.2, 0.25) is 0 Å². The fourth-order valence-corrected chi connectivity index (χ4v) is 4.57. The molecule has 0 saturated carbocycles. The number of aliphatic imine (C=N–C) groups is 1. The minimum atomic E-state index is -0.444. The number of nitro benzene ring substituents is 1. The lowest BCUT2D eigenvalue weighted by Gasteiger charge is -2.16. The van der Waals surface area contributed by atoms with Gasteiger partial charge in [-0.15, -0.1) is 0 Å². The molecule has 8 heteroatoms. The maximum absolute atomic E-state index is 12.4. The van der Waals surface area contributed by atoms with Crippen LogP contribution < -0.4 is 4.90 Å². The number of benzene rings is 1. The molecule has 6 nitrogen and oxygen atoms in total. The first-order valence-electron chi connectivity index (χ1n) is 6.55. The number of nitro groups is 1. The van der Waals surface area contributed by atoms with E-state index in [4.69, 9.17) is 0 Å². The first-order valence-corrected chi connectivity index (χ1v) is 8.41. The van der Waals surface area contributed by atoms with E-state index < -0.39 is 4.92 Å². The largest absolute Gasteiger partial charge is 0.311 e. The zero-order valence-electron chi connectivity index (χ0n) is 11.1. The summed E-state index contributed by atoms with van der Waals surface area (Å²) in [6.45, 7) is 1.41. The fourth-order valence-electron chi connectivity index (χ4n) is 2.30. The summed E-state index contributed by atoms with van der Waals surface area (Å²) in [6.07, 6.45) is 0.742. The second-order valence-electron chi connectivity index (χ2n) is 4.66. The van der Waals surface area contributed by atoms with Crippen molar-refractivity contribution in [1.29, 1.82) is 0 Å². The molecule has 1 atom stereocenters. The number of anilines is 1. The summed E-state index contributed by atoms with van der Waals surface area (Å²) in [4.78, 5) is 28.8. The first-order chi connectivity index (χ1) is 10.1. The van der Waals surface area contributed by atoms with Gasteiger partial charge in [-0.25, -0.2) is 0 Å². The summed E-state index contributed by atoms with van der Waals surface area (Å²) < 4.78 is 0.981. The number of amides is 1. The third kappa shape index (κ3) is 3.06. The molecule has 3 rings (SSSR count). The Kier molecular flexibility index (Phi) is 4.16. The van der Waals surface area contributed by atoms with E-state index in [1.165, 1.54) is 23.9 Å². The molecule has 110 valence electrons. The third-order valence-corrected chi connectivity index (χ3v) is 5.77. The second-order valence-corrected chi connectivity index (χ2v) is 7.19. The number of hydrogen-bond acceptors (Lipinski definition) is 6. The molecule has 0 aliphatic carbocycles. The van der Waals surface area contributed by atoms with Crippen molar-refractivity contribution in [2.45, 2.75) is 11.7 Å². The van der Waals surface area contributed by atoms with E-state index in [9.17, 15) is 14.9 Å². The van der Waals surface area contributed by atoms with Gasteiger partial charge in [0.15, 0.2) is 0 Å². The zero-order chi connectivity index (χ0) is 14.8. The minimum absolute atomic E-state index is 0.00660. The smallest absolute Gasteiger partial charge is 0.271 e. The summed E-state index contributed by atoms with van der Waals surface area (Å²) in [6, 6.07) is 6.23. The van der Waals surface area contributed by atoms with Gasteiger partial charge in [0.25, 0.3) is 5.69 Å². The van der Waals surface area contributed by atoms with Crippen LogP contribution in [0.1, 0.15) is 6.42 Å². The number of non-ortho nitro benzene ring substituents is 1. The fraction of sp³-hybridized carbons (Fsp3) is 0.385. The number of hydrogen-bond donors (Lipinski definition) is 0. The van der Waals surface area contributed by atoms with E-state index >= 15 is 0 Å². The molecule has 0 radical (unpaired) electrons. The van der Waals surface area contributed by atoms with Gasteiger partial charge in [-0.1, -0.05) is 29.6 Å². The number of nitrogens with zero attached hydrogens (tertiary/aromatic N) is 3. The van der Waals surface area contributed by atoms with Crippen molar-refractivity contribution in [1.82, 2.24) is 0 Å². The maximum atomic E-state index is 12.4. The lowest BCUT2D eigenvalue weighted by Crippen LogP contribution is -2.28.